The zero-order chi connectivity index (χ0) is 18.8. The second kappa shape index (κ2) is 7.87. The molecule has 0 atom stereocenters. The molecule has 0 bridgehead atoms. The van der Waals surface area contributed by atoms with Crippen LogP contribution in [-0.2, 0) is 22.3 Å². The van der Waals surface area contributed by atoms with Crippen LogP contribution < -0.4 is 0 Å². The molecule has 8 nitrogen and oxygen atoms in total. The number of amides is 1. The van der Waals surface area contributed by atoms with Gasteiger partial charge in [-0.3, -0.25) is 4.79 Å². The van der Waals surface area contributed by atoms with E-state index in [9.17, 15) is 4.79 Å². The Morgan fingerprint density at radius 3 is 2.70 bits per heavy atom. The van der Waals surface area contributed by atoms with Crippen LogP contribution in [0.1, 0.15) is 33.9 Å². The maximum atomic E-state index is 12.9. The van der Waals surface area contributed by atoms with Crippen LogP contribution in [0.4, 0.5) is 0 Å². The van der Waals surface area contributed by atoms with Crippen molar-refractivity contribution in [3.05, 3.63) is 22.6 Å². The summed E-state index contributed by atoms with van der Waals surface area (Å²) < 4.78 is 11.9. The van der Waals surface area contributed by atoms with Crippen molar-refractivity contribution in [3.63, 3.8) is 0 Å². The second-order valence-electron chi connectivity index (χ2n) is 6.62. The van der Waals surface area contributed by atoms with Crippen molar-refractivity contribution in [1.29, 1.82) is 0 Å². The van der Waals surface area contributed by atoms with Crippen molar-refractivity contribution in [2.75, 3.05) is 40.5 Å². The summed E-state index contributed by atoms with van der Waals surface area (Å²) in [4.78, 5) is 26.1. The molecule has 9 heteroatoms. The van der Waals surface area contributed by atoms with Crippen LogP contribution in [0.15, 0.2) is 6.33 Å². The molecule has 0 aromatic carbocycles. The van der Waals surface area contributed by atoms with Gasteiger partial charge >= 0.3 is 0 Å². The van der Waals surface area contributed by atoms with Crippen LogP contribution in [-0.4, -0.2) is 70.9 Å². The summed E-state index contributed by atoms with van der Waals surface area (Å²) in [6, 6.07) is 0. The largest absolute Gasteiger partial charge is 0.383 e. The zero-order valence-electron chi connectivity index (χ0n) is 15.6. The van der Waals surface area contributed by atoms with E-state index in [1.54, 1.807) is 41.3 Å². The van der Waals surface area contributed by atoms with E-state index >= 15 is 0 Å². The third kappa shape index (κ3) is 3.42. The molecule has 3 aromatic heterocycles. The number of ether oxygens (including phenoxy) is 2. The summed E-state index contributed by atoms with van der Waals surface area (Å²) >= 11 is 1.74. The summed E-state index contributed by atoms with van der Waals surface area (Å²) in [7, 11) is 3.23. The zero-order valence-corrected chi connectivity index (χ0v) is 16.4. The van der Waals surface area contributed by atoms with Gasteiger partial charge in [-0.25, -0.2) is 14.5 Å². The van der Waals surface area contributed by atoms with Gasteiger partial charge in [0.2, 0.25) is 5.82 Å². The molecule has 0 saturated heterocycles. The molecule has 4 rings (SSSR count). The number of thiophene rings is 1. The summed E-state index contributed by atoms with van der Waals surface area (Å²) in [5.41, 5.74) is 2.06. The molecule has 0 spiro atoms. The molecule has 3 heterocycles. The molecule has 1 amide bonds. The lowest BCUT2D eigenvalue weighted by atomic mass is 9.97. The summed E-state index contributed by atoms with van der Waals surface area (Å²) in [6.07, 6.45) is 6.20. The number of fused-ring (bicyclic) bond motifs is 5. The quantitative estimate of drug-likeness (QED) is 0.614. The first-order valence-electron chi connectivity index (χ1n) is 9.15. The van der Waals surface area contributed by atoms with Gasteiger partial charge in [0.15, 0.2) is 5.65 Å². The van der Waals surface area contributed by atoms with E-state index in [0.717, 1.165) is 28.7 Å². The summed E-state index contributed by atoms with van der Waals surface area (Å²) in [5.74, 6) is -0.0303. The Morgan fingerprint density at radius 2 is 1.96 bits per heavy atom. The molecule has 0 aliphatic heterocycles. The predicted octanol–water partition coefficient (Wildman–Crippen LogP) is 1.95. The Labute approximate surface area is 161 Å². The fourth-order valence-electron chi connectivity index (χ4n) is 3.50. The lowest BCUT2D eigenvalue weighted by molar-refractivity contribution is 0.0616. The fourth-order valence-corrected chi connectivity index (χ4v) is 4.73. The van der Waals surface area contributed by atoms with Crippen LogP contribution in [0.25, 0.3) is 15.9 Å². The number of hydrogen-bond acceptors (Lipinski definition) is 7. The van der Waals surface area contributed by atoms with Gasteiger partial charge < -0.3 is 14.4 Å². The first-order chi connectivity index (χ1) is 13.2. The number of nitrogens with zero attached hydrogens (tertiary/aromatic N) is 5. The van der Waals surface area contributed by atoms with E-state index in [4.69, 9.17) is 9.47 Å². The monoisotopic (exact) mass is 389 g/mol. The Morgan fingerprint density at radius 1 is 1.22 bits per heavy atom. The Hall–Kier alpha value is -2.10. The van der Waals surface area contributed by atoms with E-state index in [1.165, 1.54) is 23.3 Å². The van der Waals surface area contributed by atoms with Gasteiger partial charge in [0, 0.05) is 32.2 Å². The summed E-state index contributed by atoms with van der Waals surface area (Å²) in [6.45, 7) is 1.84. The molecule has 0 unspecified atom stereocenters. The highest BCUT2D eigenvalue weighted by Gasteiger charge is 2.24. The standard InChI is InChI=1S/C18H23N5O3S/c1-25-9-7-22(8-10-26-2)18(24)15-20-16-14-12-5-3-4-6-13(12)27-17(14)19-11-23(16)21-15/h11H,3-10H2,1-2H3. The number of carbonyl (C=O) groups is 1. The maximum absolute atomic E-state index is 12.9. The lowest BCUT2D eigenvalue weighted by Gasteiger charge is -2.20. The van der Waals surface area contributed by atoms with E-state index in [-0.39, 0.29) is 11.7 Å². The van der Waals surface area contributed by atoms with Gasteiger partial charge in [0.1, 0.15) is 11.2 Å². The molecule has 0 fully saturated rings. The molecule has 0 N–H and O–H groups in total. The van der Waals surface area contributed by atoms with E-state index in [0.29, 0.717) is 26.3 Å². The van der Waals surface area contributed by atoms with E-state index in [1.807, 2.05) is 0 Å². The third-order valence-electron chi connectivity index (χ3n) is 4.90. The van der Waals surface area contributed by atoms with Crippen LogP contribution in [0.2, 0.25) is 0 Å². The van der Waals surface area contributed by atoms with Crippen LogP contribution in [0, 0.1) is 0 Å². The van der Waals surface area contributed by atoms with Gasteiger partial charge in [0.05, 0.1) is 18.6 Å². The molecule has 0 saturated carbocycles. The molecule has 1 aliphatic rings. The van der Waals surface area contributed by atoms with Gasteiger partial charge in [-0.15, -0.1) is 16.4 Å². The maximum Gasteiger partial charge on any atom is 0.293 e. The predicted molar refractivity (Wildman–Crippen MR) is 102 cm³/mol. The van der Waals surface area contributed by atoms with Crippen LogP contribution in [0.5, 0.6) is 0 Å². The molecule has 1 aliphatic carbocycles. The average Bonchev–Trinajstić information content (AvgIpc) is 3.28. The number of carbonyl (C=O) groups excluding carboxylic acids is 1. The Balaban J connectivity index is 1.72. The first kappa shape index (κ1) is 18.3. The second-order valence-corrected chi connectivity index (χ2v) is 7.70. The van der Waals surface area contributed by atoms with Crippen molar-refractivity contribution >= 4 is 33.1 Å². The van der Waals surface area contributed by atoms with Crippen molar-refractivity contribution in [3.8, 4) is 0 Å². The molecule has 0 radical (unpaired) electrons. The minimum atomic E-state index is -0.218. The van der Waals surface area contributed by atoms with Crippen LogP contribution >= 0.6 is 11.3 Å². The first-order valence-corrected chi connectivity index (χ1v) is 9.97. The fraction of sp³-hybridized carbons (Fsp3) is 0.556. The molecular formula is C18H23N5O3S. The summed E-state index contributed by atoms with van der Waals surface area (Å²) in [5, 5.41) is 5.46. The third-order valence-corrected chi connectivity index (χ3v) is 6.10. The van der Waals surface area contributed by atoms with Gasteiger partial charge in [0.25, 0.3) is 5.91 Å². The van der Waals surface area contributed by atoms with Crippen molar-refractivity contribution in [2.45, 2.75) is 25.7 Å². The highest BCUT2D eigenvalue weighted by atomic mass is 32.1. The van der Waals surface area contributed by atoms with Crippen molar-refractivity contribution < 1.29 is 14.3 Å². The van der Waals surface area contributed by atoms with E-state index < -0.39 is 0 Å². The minimum Gasteiger partial charge on any atom is -0.383 e. The smallest absolute Gasteiger partial charge is 0.293 e. The van der Waals surface area contributed by atoms with Crippen molar-refractivity contribution in [1.82, 2.24) is 24.5 Å². The number of aryl methyl sites for hydroxylation is 2. The van der Waals surface area contributed by atoms with Crippen molar-refractivity contribution in [2.24, 2.45) is 0 Å². The molecule has 144 valence electrons. The molecular weight excluding hydrogens is 366 g/mol. The topological polar surface area (TPSA) is 81.9 Å². The SMILES string of the molecule is COCCN(CCOC)C(=O)c1nc2c3c4c(sc3ncn2n1)CCCC4. The molecule has 27 heavy (non-hydrogen) atoms. The Kier molecular flexibility index (Phi) is 5.33. The number of methoxy groups -OCH3 is 2. The highest BCUT2D eigenvalue weighted by Crippen LogP contribution is 2.36. The number of aromatic nitrogens is 4. The molecule has 3 aromatic rings. The average molecular weight is 389 g/mol. The van der Waals surface area contributed by atoms with E-state index in [2.05, 4.69) is 15.1 Å². The normalized spacial score (nSPS) is 14.0. The van der Waals surface area contributed by atoms with Gasteiger partial charge in [-0.2, -0.15) is 0 Å². The van der Waals surface area contributed by atoms with Gasteiger partial charge in [-0.05, 0) is 31.2 Å². The minimum absolute atomic E-state index is 0.187. The Bertz CT molecular complexity index is 959. The van der Waals surface area contributed by atoms with Gasteiger partial charge in [-0.1, -0.05) is 0 Å². The van der Waals surface area contributed by atoms with Crippen LogP contribution in [0.3, 0.4) is 0 Å². The lowest BCUT2D eigenvalue weighted by Crippen LogP contribution is -2.37. The number of rotatable bonds is 7. The highest BCUT2D eigenvalue weighted by molar-refractivity contribution is 7.19. The number of hydrogen-bond donors (Lipinski definition) is 0.